The van der Waals surface area contributed by atoms with Crippen LogP contribution in [0, 0.1) is 5.82 Å². The molecule has 1 aromatic carbocycles. The topological polar surface area (TPSA) is 16.1 Å². The van der Waals surface area contributed by atoms with Gasteiger partial charge in [0.2, 0.25) is 0 Å². The van der Waals surface area contributed by atoms with Crippen LogP contribution in [0.15, 0.2) is 36.4 Å². The summed E-state index contributed by atoms with van der Waals surface area (Å²) in [6.07, 6.45) is 2.30. The van der Waals surface area contributed by atoms with Gasteiger partial charge in [0.1, 0.15) is 5.82 Å². The van der Waals surface area contributed by atoms with E-state index >= 15 is 0 Å². The van der Waals surface area contributed by atoms with Crippen molar-refractivity contribution in [2.45, 2.75) is 39.0 Å². The Morgan fingerprint density at radius 1 is 1.05 bits per heavy atom. The molecule has 0 atom stereocenters. The monoisotopic (exact) mass is 298 g/mol. The summed E-state index contributed by atoms with van der Waals surface area (Å²) in [5.74, 6) is -0.151. The van der Waals surface area contributed by atoms with Crippen LogP contribution in [-0.4, -0.2) is 18.1 Å². The molecule has 0 amide bonds. The Balaban J connectivity index is 1.94. The molecule has 3 rings (SSSR count). The lowest BCUT2D eigenvalue weighted by Crippen LogP contribution is -2.18. The molecule has 2 heterocycles. The Labute approximate surface area is 132 Å². The molecule has 0 spiro atoms. The van der Waals surface area contributed by atoms with Crippen LogP contribution in [0.1, 0.15) is 39.3 Å². The Morgan fingerprint density at radius 2 is 1.77 bits per heavy atom. The molecule has 1 saturated heterocycles. The first-order chi connectivity index (χ1) is 10.4. The predicted octanol–water partition coefficient (Wildman–Crippen LogP) is 4.79. The van der Waals surface area contributed by atoms with E-state index in [1.54, 1.807) is 6.07 Å². The molecule has 0 bridgehead atoms. The highest BCUT2D eigenvalue weighted by Gasteiger charge is 2.18. The number of benzene rings is 1. The summed E-state index contributed by atoms with van der Waals surface area (Å²) in [5.41, 5.74) is 3.40. The lowest BCUT2D eigenvalue weighted by molar-refractivity contribution is 0.569. The van der Waals surface area contributed by atoms with E-state index in [4.69, 9.17) is 4.98 Å². The number of pyridine rings is 1. The fourth-order valence-electron chi connectivity index (χ4n) is 2.89. The standard InChI is InChI=1S/C19H23FN2/c1-19(2,3)18-8-6-7-16(21-18)14-9-10-17(15(20)13-14)22-11-4-5-12-22/h6-10,13H,4-5,11-12H2,1-3H3. The number of hydrogen-bond donors (Lipinski definition) is 0. The third-order valence-corrected chi connectivity index (χ3v) is 4.21. The molecule has 1 aromatic heterocycles. The van der Waals surface area contributed by atoms with Gasteiger partial charge >= 0.3 is 0 Å². The van der Waals surface area contributed by atoms with Crippen molar-refractivity contribution in [2.24, 2.45) is 0 Å². The second-order valence-electron chi connectivity index (χ2n) is 7.02. The maximum atomic E-state index is 14.5. The van der Waals surface area contributed by atoms with E-state index in [1.165, 1.54) is 0 Å². The number of aromatic nitrogens is 1. The van der Waals surface area contributed by atoms with Gasteiger partial charge in [0.15, 0.2) is 0 Å². The number of nitrogens with zero attached hydrogens (tertiary/aromatic N) is 2. The largest absolute Gasteiger partial charge is 0.369 e. The summed E-state index contributed by atoms with van der Waals surface area (Å²) in [5, 5.41) is 0. The van der Waals surface area contributed by atoms with Gasteiger partial charge in [-0.15, -0.1) is 0 Å². The van der Waals surface area contributed by atoms with E-state index in [-0.39, 0.29) is 11.2 Å². The predicted molar refractivity (Wildman–Crippen MR) is 89.8 cm³/mol. The minimum atomic E-state index is -0.151. The van der Waals surface area contributed by atoms with Crippen molar-refractivity contribution < 1.29 is 4.39 Å². The van der Waals surface area contributed by atoms with Crippen molar-refractivity contribution in [1.29, 1.82) is 0 Å². The molecule has 1 aliphatic heterocycles. The minimum Gasteiger partial charge on any atom is -0.369 e. The molecule has 0 unspecified atom stereocenters. The first kappa shape index (κ1) is 15.0. The maximum Gasteiger partial charge on any atom is 0.147 e. The van der Waals surface area contributed by atoms with E-state index in [9.17, 15) is 4.39 Å². The quantitative estimate of drug-likeness (QED) is 0.792. The van der Waals surface area contributed by atoms with Crippen molar-refractivity contribution in [2.75, 3.05) is 18.0 Å². The second-order valence-corrected chi connectivity index (χ2v) is 7.02. The maximum absolute atomic E-state index is 14.5. The lowest BCUT2D eigenvalue weighted by Gasteiger charge is -2.20. The van der Waals surface area contributed by atoms with Crippen LogP contribution >= 0.6 is 0 Å². The van der Waals surface area contributed by atoms with Gasteiger partial charge < -0.3 is 4.90 Å². The van der Waals surface area contributed by atoms with Crippen molar-refractivity contribution in [3.8, 4) is 11.3 Å². The van der Waals surface area contributed by atoms with Crippen molar-refractivity contribution in [1.82, 2.24) is 4.98 Å². The Kier molecular flexibility index (Phi) is 3.90. The summed E-state index contributed by atoms with van der Waals surface area (Å²) in [6.45, 7) is 8.31. The molecule has 0 aliphatic carbocycles. The molecular weight excluding hydrogens is 275 g/mol. The Hall–Kier alpha value is -1.90. The van der Waals surface area contributed by atoms with Gasteiger partial charge in [-0.25, -0.2) is 4.39 Å². The molecule has 3 heteroatoms. The van der Waals surface area contributed by atoms with E-state index in [0.717, 1.165) is 42.9 Å². The van der Waals surface area contributed by atoms with Gasteiger partial charge in [-0.2, -0.15) is 0 Å². The average molecular weight is 298 g/mol. The van der Waals surface area contributed by atoms with E-state index in [2.05, 4.69) is 25.7 Å². The zero-order valence-electron chi connectivity index (χ0n) is 13.6. The van der Waals surface area contributed by atoms with Gasteiger partial charge in [0.25, 0.3) is 0 Å². The zero-order chi connectivity index (χ0) is 15.7. The van der Waals surface area contributed by atoms with Gasteiger partial charge in [0.05, 0.1) is 11.4 Å². The van der Waals surface area contributed by atoms with Crippen LogP contribution in [0.25, 0.3) is 11.3 Å². The third-order valence-electron chi connectivity index (χ3n) is 4.21. The molecule has 1 aliphatic rings. The summed E-state index contributed by atoms with van der Waals surface area (Å²) < 4.78 is 14.5. The van der Waals surface area contributed by atoms with Crippen molar-refractivity contribution in [3.05, 3.63) is 47.9 Å². The van der Waals surface area contributed by atoms with Crippen LogP contribution in [0.2, 0.25) is 0 Å². The molecule has 22 heavy (non-hydrogen) atoms. The number of halogens is 1. The Morgan fingerprint density at radius 3 is 2.41 bits per heavy atom. The van der Waals surface area contributed by atoms with Crippen molar-refractivity contribution >= 4 is 5.69 Å². The lowest BCUT2D eigenvalue weighted by atomic mass is 9.91. The highest BCUT2D eigenvalue weighted by atomic mass is 19.1. The smallest absolute Gasteiger partial charge is 0.147 e. The molecule has 0 N–H and O–H groups in total. The first-order valence-corrected chi connectivity index (χ1v) is 7.97. The highest BCUT2D eigenvalue weighted by molar-refractivity contribution is 5.64. The molecule has 116 valence electrons. The normalized spacial score (nSPS) is 15.4. The zero-order valence-corrected chi connectivity index (χ0v) is 13.6. The summed E-state index contributed by atoms with van der Waals surface area (Å²) in [7, 11) is 0. The highest BCUT2D eigenvalue weighted by Crippen LogP contribution is 2.29. The van der Waals surface area contributed by atoms with Gasteiger partial charge in [-0.1, -0.05) is 32.9 Å². The van der Waals surface area contributed by atoms with Gasteiger partial charge in [0, 0.05) is 29.8 Å². The van der Waals surface area contributed by atoms with Crippen LogP contribution in [-0.2, 0) is 5.41 Å². The molecule has 2 nitrogen and oxygen atoms in total. The van der Waals surface area contributed by atoms with Crippen molar-refractivity contribution in [3.63, 3.8) is 0 Å². The number of hydrogen-bond acceptors (Lipinski definition) is 2. The fourth-order valence-corrected chi connectivity index (χ4v) is 2.89. The SMILES string of the molecule is CC(C)(C)c1cccc(-c2ccc(N3CCCC3)c(F)c2)n1. The van der Waals surface area contributed by atoms with E-state index in [1.807, 2.05) is 30.3 Å². The molecule has 2 aromatic rings. The first-order valence-electron chi connectivity index (χ1n) is 7.97. The number of rotatable bonds is 2. The summed E-state index contributed by atoms with van der Waals surface area (Å²) in [6, 6.07) is 11.4. The van der Waals surface area contributed by atoms with Crippen LogP contribution in [0.4, 0.5) is 10.1 Å². The van der Waals surface area contributed by atoms with Gasteiger partial charge in [-0.05, 0) is 37.1 Å². The molecule has 0 saturated carbocycles. The minimum absolute atomic E-state index is 0.00987. The Bertz CT molecular complexity index is 667. The van der Waals surface area contributed by atoms with E-state index in [0.29, 0.717) is 5.69 Å². The fraction of sp³-hybridized carbons (Fsp3) is 0.421. The molecule has 0 radical (unpaired) electrons. The van der Waals surface area contributed by atoms with Crippen LogP contribution < -0.4 is 4.90 Å². The number of anilines is 1. The average Bonchev–Trinajstić information content (AvgIpc) is 3.00. The summed E-state index contributed by atoms with van der Waals surface area (Å²) >= 11 is 0. The van der Waals surface area contributed by atoms with Gasteiger partial charge in [-0.3, -0.25) is 4.98 Å². The van der Waals surface area contributed by atoms with E-state index < -0.39 is 0 Å². The molecular formula is C19H23FN2. The third kappa shape index (κ3) is 2.99. The van der Waals surface area contributed by atoms with Crippen LogP contribution in [0.3, 0.4) is 0 Å². The second kappa shape index (κ2) is 5.71. The van der Waals surface area contributed by atoms with Crippen LogP contribution in [0.5, 0.6) is 0 Å². The molecule has 1 fully saturated rings. The summed E-state index contributed by atoms with van der Waals surface area (Å²) in [4.78, 5) is 6.83.